The van der Waals surface area contributed by atoms with Gasteiger partial charge in [0.2, 0.25) is 0 Å². The lowest BCUT2D eigenvalue weighted by molar-refractivity contribution is -0.0498. The second-order valence-electron chi connectivity index (χ2n) is 8.30. The van der Waals surface area contributed by atoms with E-state index >= 15 is 0 Å². The minimum Gasteiger partial charge on any atom is -0.435 e. The number of aromatic nitrogens is 4. The average molecular weight is 424 g/mol. The van der Waals surface area contributed by atoms with E-state index < -0.39 is 6.61 Å². The van der Waals surface area contributed by atoms with Crippen LogP contribution < -0.4 is 10.1 Å². The van der Waals surface area contributed by atoms with Gasteiger partial charge in [0.25, 0.3) is 0 Å². The Kier molecular flexibility index (Phi) is 4.73. The van der Waals surface area contributed by atoms with E-state index in [4.69, 9.17) is 4.98 Å². The van der Waals surface area contributed by atoms with Crippen LogP contribution >= 0.6 is 0 Å². The van der Waals surface area contributed by atoms with Gasteiger partial charge < -0.3 is 10.1 Å². The van der Waals surface area contributed by atoms with Crippen LogP contribution in [0.15, 0.2) is 18.2 Å². The first-order valence-corrected chi connectivity index (χ1v) is 10.4. The maximum absolute atomic E-state index is 12.6. The molecule has 0 saturated heterocycles. The summed E-state index contributed by atoms with van der Waals surface area (Å²) in [5.41, 5.74) is 1.93. The Labute approximate surface area is 178 Å². The molecule has 2 aliphatic carbocycles. The number of hydrogen-bond acceptors (Lipinski definition) is 6. The molecule has 2 saturated carbocycles. The molecule has 0 bridgehead atoms. The van der Waals surface area contributed by atoms with Crippen LogP contribution in [0.4, 0.5) is 14.6 Å². The van der Waals surface area contributed by atoms with Gasteiger partial charge in [0.05, 0.1) is 11.3 Å². The van der Waals surface area contributed by atoms with Crippen molar-refractivity contribution in [1.29, 1.82) is 5.26 Å². The van der Waals surface area contributed by atoms with Crippen LogP contribution in [0, 0.1) is 37.0 Å². The molecule has 9 heteroatoms. The molecule has 0 atom stereocenters. The van der Waals surface area contributed by atoms with Crippen LogP contribution in [0.5, 0.6) is 5.75 Å². The third-order valence-corrected chi connectivity index (χ3v) is 5.90. The van der Waals surface area contributed by atoms with Crippen LogP contribution in [0.25, 0.3) is 16.9 Å². The summed E-state index contributed by atoms with van der Waals surface area (Å²) < 4.78 is 31.4. The SMILES string of the molecule is Cc1nc(NC(C2CC2)C2CC2)c2nc(C)n(-c3ccc(OC(F)F)cc3C#N)c2n1. The summed E-state index contributed by atoms with van der Waals surface area (Å²) >= 11 is 0. The zero-order valence-corrected chi connectivity index (χ0v) is 17.3. The van der Waals surface area contributed by atoms with E-state index in [0.29, 0.717) is 52.2 Å². The molecule has 0 aliphatic heterocycles. The predicted octanol–water partition coefficient (Wildman–Crippen LogP) is 4.51. The number of nitrogens with zero attached hydrogens (tertiary/aromatic N) is 5. The van der Waals surface area contributed by atoms with Gasteiger partial charge in [0.1, 0.15) is 23.5 Å². The molecule has 31 heavy (non-hydrogen) atoms. The van der Waals surface area contributed by atoms with Crippen molar-refractivity contribution in [2.24, 2.45) is 11.8 Å². The highest BCUT2D eigenvalue weighted by Gasteiger charge is 2.42. The second-order valence-corrected chi connectivity index (χ2v) is 8.30. The van der Waals surface area contributed by atoms with Gasteiger partial charge >= 0.3 is 6.61 Å². The number of benzene rings is 1. The largest absolute Gasteiger partial charge is 0.435 e. The normalized spacial score (nSPS) is 16.2. The number of rotatable bonds is 7. The minimum absolute atomic E-state index is 0.0674. The third-order valence-electron chi connectivity index (χ3n) is 5.90. The van der Waals surface area contributed by atoms with E-state index in [1.165, 1.54) is 37.8 Å². The van der Waals surface area contributed by atoms with Gasteiger partial charge in [-0.3, -0.25) is 4.57 Å². The zero-order chi connectivity index (χ0) is 21.7. The van der Waals surface area contributed by atoms with Crippen LogP contribution in [-0.4, -0.2) is 32.2 Å². The fourth-order valence-electron chi connectivity index (χ4n) is 4.23. The van der Waals surface area contributed by atoms with Crippen LogP contribution in [0.3, 0.4) is 0 Å². The highest BCUT2D eigenvalue weighted by atomic mass is 19.3. The molecule has 7 nitrogen and oxygen atoms in total. The molecule has 160 valence electrons. The average Bonchev–Trinajstić information content (AvgIpc) is 3.63. The van der Waals surface area contributed by atoms with E-state index in [0.717, 1.165) is 0 Å². The van der Waals surface area contributed by atoms with E-state index in [1.807, 2.05) is 13.8 Å². The zero-order valence-electron chi connectivity index (χ0n) is 17.3. The summed E-state index contributed by atoms with van der Waals surface area (Å²) in [5, 5.41) is 13.3. The quantitative estimate of drug-likeness (QED) is 0.601. The Morgan fingerprint density at radius 1 is 1.13 bits per heavy atom. The Morgan fingerprint density at radius 3 is 2.45 bits per heavy atom. The van der Waals surface area contributed by atoms with Crippen LogP contribution in [-0.2, 0) is 0 Å². The molecule has 0 radical (unpaired) electrons. The van der Waals surface area contributed by atoms with Crippen molar-refractivity contribution in [3.05, 3.63) is 35.4 Å². The number of alkyl halides is 2. The maximum Gasteiger partial charge on any atom is 0.387 e. The number of halogens is 2. The first kappa shape index (κ1) is 19.7. The van der Waals surface area contributed by atoms with Crippen molar-refractivity contribution in [2.45, 2.75) is 52.2 Å². The molecule has 2 aliphatic rings. The Hall–Kier alpha value is -3.28. The molecule has 1 N–H and O–H groups in total. The molecule has 2 aromatic heterocycles. The molecule has 0 amide bonds. The van der Waals surface area contributed by atoms with Gasteiger partial charge in [-0.15, -0.1) is 0 Å². The lowest BCUT2D eigenvalue weighted by Crippen LogP contribution is -2.25. The molecule has 3 aromatic rings. The first-order chi connectivity index (χ1) is 14.9. The highest BCUT2D eigenvalue weighted by Crippen LogP contribution is 2.46. The van der Waals surface area contributed by atoms with Gasteiger partial charge in [-0.1, -0.05) is 0 Å². The number of nitriles is 1. The molecule has 5 rings (SSSR count). The highest BCUT2D eigenvalue weighted by molar-refractivity contribution is 5.85. The molecule has 2 heterocycles. The van der Waals surface area contributed by atoms with Crippen LogP contribution in [0.1, 0.15) is 42.9 Å². The molecule has 0 unspecified atom stereocenters. The number of fused-ring (bicyclic) bond motifs is 1. The lowest BCUT2D eigenvalue weighted by Gasteiger charge is -2.18. The predicted molar refractivity (Wildman–Crippen MR) is 110 cm³/mol. The smallest absolute Gasteiger partial charge is 0.387 e. The van der Waals surface area contributed by atoms with Crippen molar-refractivity contribution < 1.29 is 13.5 Å². The van der Waals surface area contributed by atoms with Gasteiger partial charge in [0, 0.05) is 12.1 Å². The molecule has 1 aromatic carbocycles. The number of anilines is 1. The number of hydrogen-bond donors (Lipinski definition) is 1. The van der Waals surface area contributed by atoms with Crippen molar-refractivity contribution >= 4 is 17.0 Å². The second kappa shape index (κ2) is 7.45. The van der Waals surface area contributed by atoms with Crippen LogP contribution in [0.2, 0.25) is 0 Å². The Morgan fingerprint density at radius 2 is 1.84 bits per heavy atom. The number of imidazole rings is 1. The van der Waals surface area contributed by atoms with Gasteiger partial charge in [-0.2, -0.15) is 14.0 Å². The van der Waals surface area contributed by atoms with Crippen molar-refractivity contribution in [3.8, 4) is 17.5 Å². The standard InChI is InChI=1S/C22H22F2N6O/c1-11-26-20(29-18(13-3-4-13)14-5-6-14)19-21(27-11)30(12(2)28-19)17-8-7-16(31-22(23)24)9-15(17)10-25/h7-9,13-14,18,22H,3-6H2,1-2H3,(H,26,27,29). The fourth-order valence-corrected chi connectivity index (χ4v) is 4.23. The summed E-state index contributed by atoms with van der Waals surface area (Å²) in [6.07, 6.45) is 4.97. The molecular formula is C22H22F2N6O. The van der Waals surface area contributed by atoms with Gasteiger partial charge in [-0.05, 0) is 63.5 Å². The summed E-state index contributed by atoms with van der Waals surface area (Å²) in [6.45, 7) is 0.693. The molecule has 2 fully saturated rings. The Balaban J connectivity index is 1.60. The Bertz CT molecular complexity index is 1180. The fraction of sp³-hybridized carbons (Fsp3) is 0.455. The summed E-state index contributed by atoms with van der Waals surface area (Å²) in [6, 6.07) is 6.76. The maximum atomic E-state index is 12.6. The van der Waals surface area contributed by atoms with E-state index in [1.54, 1.807) is 10.6 Å². The van der Waals surface area contributed by atoms with E-state index in [-0.39, 0.29) is 11.3 Å². The number of ether oxygens (including phenoxy) is 1. The lowest BCUT2D eigenvalue weighted by atomic mass is 10.1. The van der Waals surface area contributed by atoms with E-state index in [9.17, 15) is 14.0 Å². The topological polar surface area (TPSA) is 88.6 Å². The molecular weight excluding hydrogens is 402 g/mol. The first-order valence-electron chi connectivity index (χ1n) is 10.4. The number of aryl methyl sites for hydroxylation is 2. The van der Waals surface area contributed by atoms with Gasteiger partial charge in [0.15, 0.2) is 17.0 Å². The monoisotopic (exact) mass is 424 g/mol. The van der Waals surface area contributed by atoms with Crippen molar-refractivity contribution in [3.63, 3.8) is 0 Å². The van der Waals surface area contributed by atoms with Gasteiger partial charge in [-0.25, -0.2) is 15.0 Å². The summed E-state index contributed by atoms with van der Waals surface area (Å²) in [4.78, 5) is 13.9. The van der Waals surface area contributed by atoms with Crippen molar-refractivity contribution in [2.75, 3.05) is 5.32 Å². The van der Waals surface area contributed by atoms with E-state index in [2.05, 4.69) is 26.1 Å². The summed E-state index contributed by atoms with van der Waals surface area (Å²) in [7, 11) is 0. The number of nitrogens with one attached hydrogen (secondary N) is 1. The van der Waals surface area contributed by atoms with Crippen molar-refractivity contribution in [1.82, 2.24) is 19.5 Å². The summed E-state index contributed by atoms with van der Waals surface area (Å²) in [5.74, 6) is 3.25. The third kappa shape index (κ3) is 3.78. The molecule has 0 spiro atoms. The minimum atomic E-state index is -2.96.